The van der Waals surface area contributed by atoms with Gasteiger partial charge in [0.15, 0.2) is 0 Å². The first kappa shape index (κ1) is 16.1. The molecule has 0 N–H and O–H groups in total. The Balaban J connectivity index is 1.75. The molecular weight excluding hydrogens is 308 g/mol. The van der Waals surface area contributed by atoms with Crippen molar-refractivity contribution in [1.82, 2.24) is 19.7 Å². The van der Waals surface area contributed by atoms with Crippen LogP contribution in [0.3, 0.4) is 0 Å². The molecule has 1 saturated heterocycles. The minimum Gasteiger partial charge on any atom is -0.341 e. The second-order valence-corrected chi connectivity index (χ2v) is 6.89. The minimum absolute atomic E-state index is 0.130. The molecule has 0 saturated carbocycles. The van der Waals surface area contributed by atoms with Crippen LogP contribution >= 0.6 is 11.8 Å². The van der Waals surface area contributed by atoms with Gasteiger partial charge in [-0.3, -0.25) is 4.79 Å². The van der Waals surface area contributed by atoms with E-state index in [1.807, 2.05) is 53.1 Å². The van der Waals surface area contributed by atoms with E-state index >= 15 is 0 Å². The van der Waals surface area contributed by atoms with E-state index in [2.05, 4.69) is 10.2 Å². The number of hydrogen-bond acceptors (Lipinski definition) is 4. The standard InChI is InChI=1S/C17H22N4OS/c1-20-12-18-19-16(20)14-9-6-10-21(11-14)17(22)15(23-2)13-7-4-3-5-8-13/h3-5,7-8,12,14-15H,6,9-11H2,1-2H3/t14-,15+/m1/s1. The molecule has 1 aliphatic rings. The lowest BCUT2D eigenvalue weighted by Crippen LogP contribution is -2.41. The van der Waals surface area contributed by atoms with E-state index in [4.69, 9.17) is 0 Å². The second kappa shape index (κ2) is 7.17. The summed E-state index contributed by atoms with van der Waals surface area (Å²) in [5.41, 5.74) is 1.07. The van der Waals surface area contributed by atoms with Crippen molar-refractivity contribution in [3.8, 4) is 0 Å². The summed E-state index contributed by atoms with van der Waals surface area (Å²) < 4.78 is 1.96. The Hall–Kier alpha value is -1.82. The van der Waals surface area contributed by atoms with Gasteiger partial charge in [0, 0.05) is 26.1 Å². The molecule has 1 aromatic carbocycles. The zero-order valence-corrected chi connectivity index (χ0v) is 14.4. The molecule has 5 nitrogen and oxygen atoms in total. The molecule has 0 bridgehead atoms. The molecule has 1 amide bonds. The van der Waals surface area contributed by atoms with Gasteiger partial charge in [-0.15, -0.1) is 22.0 Å². The van der Waals surface area contributed by atoms with Crippen molar-refractivity contribution >= 4 is 17.7 Å². The van der Waals surface area contributed by atoms with Gasteiger partial charge < -0.3 is 9.47 Å². The average molecular weight is 330 g/mol. The molecule has 0 spiro atoms. The molecule has 1 aliphatic heterocycles. The number of carbonyl (C=O) groups is 1. The van der Waals surface area contributed by atoms with Crippen molar-refractivity contribution in [1.29, 1.82) is 0 Å². The van der Waals surface area contributed by atoms with Crippen LogP contribution in [0.2, 0.25) is 0 Å². The lowest BCUT2D eigenvalue weighted by Gasteiger charge is -2.34. The summed E-state index contributed by atoms with van der Waals surface area (Å²) in [7, 11) is 1.96. The van der Waals surface area contributed by atoms with Gasteiger partial charge in [-0.05, 0) is 24.7 Å². The fourth-order valence-corrected chi connectivity index (χ4v) is 4.00. The molecular formula is C17H22N4OS. The first-order chi connectivity index (χ1) is 11.2. The SMILES string of the molecule is CS[C@H](C(=O)N1CCC[C@@H](c2nncn2C)C1)c1ccccc1. The topological polar surface area (TPSA) is 51.0 Å². The summed E-state index contributed by atoms with van der Waals surface area (Å²) in [5, 5.41) is 8.07. The first-order valence-electron chi connectivity index (χ1n) is 7.91. The Morgan fingerprint density at radius 2 is 2.13 bits per heavy atom. The van der Waals surface area contributed by atoms with Crippen LogP contribution in [0.5, 0.6) is 0 Å². The highest BCUT2D eigenvalue weighted by Crippen LogP contribution is 2.32. The molecule has 0 aliphatic carbocycles. The fourth-order valence-electron chi connectivity index (χ4n) is 3.22. The number of aromatic nitrogens is 3. The van der Waals surface area contributed by atoms with Crippen molar-refractivity contribution in [2.24, 2.45) is 7.05 Å². The van der Waals surface area contributed by atoms with Crippen LogP contribution in [0, 0.1) is 0 Å². The maximum absolute atomic E-state index is 13.0. The second-order valence-electron chi connectivity index (χ2n) is 5.95. The number of piperidine rings is 1. The monoisotopic (exact) mass is 330 g/mol. The summed E-state index contributed by atoms with van der Waals surface area (Å²) in [5.74, 6) is 1.46. The molecule has 6 heteroatoms. The van der Waals surface area contributed by atoms with Crippen LogP contribution in [0.4, 0.5) is 0 Å². The third-order valence-corrected chi connectivity index (χ3v) is 5.35. The highest BCUT2D eigenvalue weighted by atomic mass is 32.2. The quantitative estimate of drug-likeness (QED) is 0.865. The number of carbonyl (C=O) groups excluding carboxylic acids is 1. The highest BCUT2D eigenvalue weighted by Gasteiger charge is 2.31. The maximum Gasteiger partial charge on any atom is 0.240 e. The first-order valence-corrected chi connectivity index (χ1v) is 9.20. The van der Waals surface area contributed by atoms with Crippen molar-refractivity contribution in [3.63, 3.8) is 0 Å². The van der Waals surface area contributed by atoms with Crippen LogP contribution in [0.1, 0.15) is 35.4 Å². The van der Waals surface area contributed by atoms with Crippen molar-refractivity contribution in [2.45, 2.75) is 24.0 Å². The smallest absolute Gasteiger partial charge is 0.240 e. The third-order valence-electron chi connectivity index (χ3n) is 4.41. The van der Waals surface area contributed by atoms with E-state index in [1.165, 1.54) is 0 Å². The fraction of sp³-hybridized carbons (Fsp3) is 0.471. The van der Waals surface area contributed by atoms with Gasteiger partial charge in [-0.2, -0.15) is 0 Å². The lowest BCUT2D eigenvalue weighted by atomic mass is 9.96. The predicted octanol–water partition coefficient (Wildman–Crippen LogP) is 2.63. The molecule has 122 valence electrons. The molecule has 0 radical (unpaired) electrons. The molecule has 3 rings (SSSR count). The summed E-state index contributed by atoms with van der Waals surface area (Å²) in [6, 6.07) is 10.0. The summed E-state index contributed by atoms with van der Waals surface area (Å²) in [6.07, 6.45) is 5.80. The van der Waals surface area contributed by atoms with Gasteiger partial charge in [-0.25, -0.2) is 0 Å². The summed E-state index contributed by atoms with van der Waals surface area (Å²) in [6.45, 7) is 1.56. The lowest BCUT2D eigenvalue weighted by molar-refractivity contribution is -0.132. The number of aryl methyl sites for hydroxylation is 1. The largest absolute Gasteiger partial charge is 0.341 e. The van der Waals surface area contributed by atoms with Gasteiger partial charge in [0.2, 0.25) is 5.91 Å². The van der Waals surface area contributed by atoms with Crippen LogP contribution in [0.15, 0.2) is 36.7 Å². The van der Waals surface area contributed by atoms with Gasteiger partial charge in [0.25, 0.3) is 0 Å². The van der Waals surface area contributed by atoms with Crippen LogP contribution in [-0.2, 0) is 11.8 Å². The third kappa shape index (κ3) is 3.42. The summed E-state index contributed by atoms with van der Waals surface area (Å²) in [4.78, 5) is 15.0. The Labute approximate surface area is 141 Å². The van der Waals surface area contributed by atoms with E-state index in [-0.39, 0.29) is 17.1 Å². The van der Waals surface area contributed by atoms with E-state index in [0.717, 1.165) is 37.3 Å². The predicted molar refractivity (Wildman–Crippen MR) is 92.3 cm³/mol. The number of likely N-dealkylation sites (tertiary alicyclic amines) is 1. The zero-order valence-electron chi connectivity index (χ0n) is 13.6. The van der Waals surface area contributed by atoms with Crippen LogP contribution in [-0.4, -0.2) is 44.9 Å². The Morgan fingerprint density at radius 1 is 1.35 bits per heavy atom. The van der Waals surface area contributed by atoms with E-state index in [9.17, 15) is 4.79 Å². The van der Waals surface area contributed by atoms with Gasteiger partial charge in [0.05, 0.1) is 0 Å². The number of thioether (sulfide) groups is 1. The minimum atomic E-state index is -0.130. The van der Waals surface area contributed by atoms with E-state index in [0.29, 0.717) is 0 Å². The average Bonchev–Trinajstić information content (AvgIpc) is 3.02. The number of benzene rings is 1. The Morgan fingerprint density at radius 3 is 2.78 bits per heavy atom. The summed E-state index contributed by atoms with van der Waals surface area (Å²) >= 11 is 1.60. The number of amides is 1. The Kier molecular flexibility index (Phi) is 5.00. The molecule has 1 fully saturated rings. The number of rotatable bonds is 4. The molecule has 1 aromatic heterocycles. The Bertz CT molecular complexity index is 658. The molecule has 2 aromatic rings. The van der Waals surface area contributed by atoms with Crippen LogP contribution < -0.4 is 0 Å². The molecule has 0 unspecified atom stereocenters. The molecule has 23 heavy (non-hydrogen) atoms. The number of hydrogen-bond donors (Lipinski definition) is 0. The maximum atomic E-state index is 13.0. The van der Waals surface area contributed by atoms with Crippen molar-refractivity contribution < 1.29 is 4.79 Å². The zero-order chi connectivity index (χ0) is 16.2. The van der Waals surface area contributed by atoms with E-state index < -0.39 is 0 Å². The van der Waals surface area contributed by atoms with Crippen LogP contribution in [0.25, 0.3) is 0 Å². The molecule has 2 atom stereocenters. The molecule has 2 heterocycles. The van der Waals surface area contributed by atoms with E-state index in [1.54, 1.807) is 18.1 Å². The van der Waals surface area contributed by atoms with Gasteiger partial charge >= 0.3 is 0 Å². The number of nitrogens with zero attached hydrogens (tertiary/aromatic N) is 4. The highest BCUT2D eigenvalue weighted by molar-refractivity contribution is 7.99. The van der Waals surface area contributed by atoms with Gasteiger partial charge in [0.1, 0.15) is 17.4 Å². The van der Waals surface area contributed by atoms with Crippen molar-refractivity contribution in [2.75, 3.05) is 19.3 Å². The van der Waals surface area contributed by atoms with Gasteiger partial charge in [-0.1, -0.05) is 30.3 Å². The van der Waals surface area contributed by atoms with Crippen molar-refractivity contribution in [3.05, 3.63) is 48.0 Å². The normalized spacial score (nSPS) is 19.6.